The lowest BCUT2D eigenvalue weighted by atomic mass is 9.51. The highest BCUT2D eigenvalue weighted by Crippen LogP contribution is 2.64. The summed E-state index contributed by atoms with van der Waals surface area (Å²) in [7, 11) is 0. The van der Waals surface area contributed by atoms with Crippen molar-refractivity contribution in [2.75, 3.05) is 9.80 Å². The van der Waals surface area contributed by atoms with E-state index >= 15 is 0 Å². The number of hydrogen-bond acceptors (Lipinski definition) is 7. The first-order valence-electron chi connectivity index (χ1n) is 14.3. The molecule has 44 heavy (non-hydrogen) atoms. The first kappa shape index (κ1) is 28.0. The third-order valence-electron chi connectivity index (χ3n) is 9.88. The molecule has 0 aromatic heterocycles. The van der Waals surface area contributed by atoms with Crippen molar-refractivity contribution in [1.82, 2.24) is 0 Å². The van der Waals surface area contributed by atoms with Gasteiger partial charge in [-0.25, -0.2) is 9.80 Å². The highest BCUT2D eigenvalue weighted by atomic mass is 35.5. The molecule has 4 aliphatic rings. The molecular weight excluding hydrogens is 586 g/mol. The maximum absolute atomic E-state index is 14.4. The highest BCUT2D eigenvalue weighted by Gasteiger charge is 2.67. The normalized spacial score (nSPS) is 29.3. The van der Waals surface area contributed by atoms with Crippen LogP contribution in [0, 0.1) is 39.2 Å². The number of phenols is 1. The lowest BCUT2D eigenvalue weighted by Gasteiger charge is -2.49. The van der Waals surface area contributed by atoms with Gasteiger partial charge in [0.1, 0.15) is 5.75 Å². The van der Waals surface area contributed by atoms with E-state index in [0.29, 0.717) is 11.3 Å². The van der Waals surface area contributed by atoms with Crippen molar-refractivity contribution in [3.05, 3.63) is 105 Å². The molecule has 1 N–H and O–H groups in total. The van der Waals surface area contributed by atoms with E-state index < -0.39 is 57.6 Å². The summed E-state index contributed by atoms with van der Waals surface area (Å²) in [4.78, 5) is 69.5. The second-order valence-electron chi connectivity index (χ2n) is 12.0. The molecule has 2 heterocycles. The average Bonchev–Trinajstić information content (AvgIpc) is 3.37. The van der Waals surface area contributed by atoms with Crippen molar-refractivity contribution in [2.24, 2.45) is 29.1 Å². The predicted molar refractivity (Wildman–Crippen MR) is 160 cm³/mol. The number of rotatable bonds is 4. The van der Waals surface area contributed by atoms with E-state index in [-0.39, 0.29) is 40.9 Å². The fourth-order valence-corrected chi connectivity index (χ4v) is 8.22. The van der Waals surface area contributed by atoms with E-state index in [2.05, 4.69) is 0 Å². The van der Waals surface area contributed by atoms with Crippen molar-refractivity contribution in [3.63, 3.8) is 0 Å². The Kier molecular flexibility index (Phi) is 6.26. The minimum Gasteiger partial charge on any atom is -0.508 e. The molecular formula is C33H26ClN3O7. The Bertz CT molecular complexity index is 1820. The molecule has 6 unspecified atom stereocenters. The topological polar surface area (TPSA) is 138 Å². The van der Waals surface area contributed by atoms with Gasteiger partial charge in [-0.1, -0.05) is 53.6 Å². The minimum atomic E-state index is -1.27. The van der Waals surface area contributed by atoms with Gasteiger partial charge in [0.2, 0.25) is 23.6 Å². The molecule has 2 aliphatic carbocycles. The third kappa shape index (κ3) is 3.80. The third-order valence-corrected chi connectivity index (χ3v) is 10.2. The summed E-state index contributed by atoms with van der Waals surface area (Å²) in [5, 5.41) is 21.8. The Hall–Kier alpha value is -4.83. The zero-order valence-corrected chi connectivity index (χ0v) is 24.2. The SMILES string of the molecule is CC12C(=O)N(c3ccccc3)C(=O)C1CC1C(=CCC3C(=O)N(c4cccc([N+](=O)[O-])c4)C(=O)C31)C2c1ccc(O)cc1Cl. The molecule has 3 fully saturated rings. The monoisotopic (exact) mass is 611 g/mol. The van der Waals surface area contributed by atoms with E-state index in [0.717, 1.165) is 10.5 Å². The molecule has 11 heteroatoms. The van der Waals surface area contributed by atoms with Gasteiger partial charge in [-0.15, -0.1) is 0 Å². The van der Waals surface area contributed by atoms with Crippen LogP contribution in [0.4, 0.5) is 17.1 Å². The summed E-state index contributed by atoms with van der Waals surface area (Å²) in [5.41, 5.74) is 0.321. The van der Waals surface area contributed by atoms with Crippen LogP contribution in [0.1, 0.15) is 31.2 Å². The summed E-state index contributed by atoms with van der Waals surface area (Å²) in [6.07, 6.45) is 2.27. The number of nitro benzene ring substituents is 1. The van der Waals surface area contributed by atoms with Crippen molar-refractivity contribution in [2.45, 2.75) is 25.7 Å². The Morgan fingerprint density at radius 1 is 0.886 bits per heavy atom. The minimum absolute atomic E-state index is 0.0607. The molecule has 2 aliphatic heterocycles. The van der Waals surface area contributed by atoms with Crippen LogP contribution in [-0.2, 0) is 19.2 Å². The number of allylic oxidation sites excluding steroid dienone is 2. The number of carbonyl (C=O) groups is 4. The first-order chi connectivity index (χ1) is 21.0. The molecule has 3 aromatic carbocycles. The number of phenolic OH excluding ortho intramolecular Hbond substituents is 1. The fourth-order valence-electron chi connectivity index (χ4n) is 7.93. The number of carbonyl (C=O) groups excluding carboxylic acids is 4. The van der Waals surface area contributed by atoms with Crippen LogP contribution in [0.5, 0.6) is 5.75 Å². The number of benzene rings is 3. The quantitative estimate of drug-likeness (QED) is 0.181. The largest absolute Gasteiger partial charge is 0.508 e. The maximum Gasteiger partial charge on any atom is 0.271 e. The van der Waals surface area contributed by atoms with Crippen molar-refractivity contribution < 1.29 is 29.2 Å². The van der Waals surface area contributed by atoms with Gasteiger partial charge in [0.05, 0.1) is 39.5 Å². The molecule has 222 valence electrons. The lowest BCUT2D eigenvalue weighted by Crippen LogP contribution is -2.49. The number of amides is 4. The summed E-state index contributed by atoms with van der Waals surface area (Å²) in [6.45, 7) is 1.76. The Morgan fingerprint density at radius 2 is 1.61 bits per heavy atom. The summed E-state index contributed by atoms with van der Waals surface area (Å²) in [6, 6.07) is 18.6. The van der Waals surface area contributed by atoms with Crippen LogP contribution < -0.4 is 9.80 Å². The van der Waals surface area contributed by atoms with Crippen LogP contribution >= 0.6 is 11.6 Å². The molecule has 0 bridgehead atoms. The molecule has 6 atom stereocenters. The van der Waals surface area contributed by atoms with Gasteiger partial charge in [-0.2, -0.15) is 0 Å². The van der Waals surface area contributed by atoms with Gasteiger partial charge >= 0.3 is 0 Å². The average molecular weight is 612 g/mol. The molecule has 7 rings (SSSR count). The number of nitrogens with zero attached hydrogens (tertiary/aromatic N) is 3. The van der Waals surface area contributed by atoms with Gasteiger partial charge < -0.3 is 5.11 Å². The number of anilines is 2. The summed E-state index contributed by atoms with van der Waals surface area (Å²) < 4.78 is 0. The number of fused-ring (bicyclic) bond motifs is 4. The van der Waals surface area contributed by atoms with Crippen LogP contribution in [0.3, 0.4) is 0 Å². The standard InChI is InChI=1S/C33H26ClN3O7/c1-33-25(30(40)36(32(33)42)17-6-3-2-4-7-17)16-24-21(28(33)22-11-10-20(38)15-26(22)34)12-13-23-27(24)31(41)35(29(23)39)18-8-5-9-19(14-18)37(43)44/h2-12,14-15,23-25,27-28,38H,13,16H2,1H3. The Morgan fingerprint density at radius 3 is 2.32 bits per heavy atom. The van der Waals surface area contributed by atoms with E-state index in [1.807, 2.05) is 6.08 Å². The lowest BCUT2D eigenvalue weighted by molar-refractivity contribution is -0.384. The molecule has 2 saturated heterocycles. The zero-order chi connectivity index (χ0) is 31.1. The van der Waals surface area contributed by atoms with Crippen LogP contribution in [-0.4, -0.2) is 33.7 Å². The number of non-ortho nitro benzene ring substituents is 1. The summed E-state index contributed by atoms with van der Waals surface area (Å²) in [5.74, 6) is -5.48. The van der Waals surface area contributed by atoms with Crippen LogP contribution in [0.15, 0.2) is 84.4 Å². The fraction of sp³-hybridized carbons (Fsp3) is 0.273. The van der Waals surface area contributed by atoms with Gasteiger partial charge in [0, 0.05) is 23.1 Å². The Labute approximate surface area is 256 Å². The Balaban J connectivity index is 1.36. The van der Waals surface area contributed by atoms with Gasteiger partial charge in [-0.05, 0) is 61.6 Å². The molecule has 4 amide bonds. The maximum atomic E-state index is 14.4. The molecule has 0 radical (unpaired) electrons. The number of hydrogen-bond donors (Lipinski definition) is 1. The number of halogens is 1. The van der Waals surface area contributed by atoms with Gasteiger partial charge in [0.25, 0.3) is 5.69 Å². The number of aromatic hydroxyl groups is 1. The molecule has 1 saturated carbocycles. The first-order valence-corrected chi connectivity index (χ1v) is 14.7. The number of para-hydroxylation sites is 1. The van der Waals surface area contributed by atoms with E-state index in [1.165, 1.54) is 41.3 Å². The van der Waals surface area contributed by atoms with Crippen LogP contribution in [0.2, 0.25) is 5.02 Å². The molecule has 10 nitrogen and oxygen atoms in total. The second kappa shape index (κ2) is 9.85. The van der Waals surface area contributed by atoms with E-state index in [1.54, 1.807) is 43.3 Å². The van der Waals surface area contributed by atoms with Gasteiger partial charge in [0.15, 0.2) is 0 Å². The highest BCUT2D eigenvalue weighted by molar-refractivity contribution is 6.32. The van der Waals surface area contributed by atoms with E-state index in [4.69, 9.17) is 11.6 Å². The predicted octanol–water partition coefficient (Wildman–Crippen LogP) is 5.39. The number of nitro groups is 1. The molecule has 3 aromatic rings. The zero-order valence-electron chi connectivity index (χ0n) is 23.4. The van der Waals surface area contributed by atoms with Gasteiger partial charge in [-0.3, -0.25) is 29.3 Å². The van der Waals surface area contributed by atoms with Crippen LogP contribution in [0.25, 0.3) is 0 Å². The van der Waals surface area contributed by atoms with Crippen molar-refractivity contribution >= 4 is 52.3 Å². The second-order valence-corrected chi connectivity index (χ2v) is 12.4. The smallest absolute Gasteiger partial charge is 0.271 e. The van der Waals surface area contributed by atoms with Crippen molar-refractivity contribution in [3.8, 4) is 5.75 Å². The van der Waals surface area contributed by atoms with Crippen molar-refractivity contribution in [1.29, 1.82) is 0 Å². The number of imide groups is 2. The summed E-state index contributed by atoms with van der Waals surface area (Å²) >= 11 is 6.71. The molecule has 0 spiro atoms. The van der Waals surface area contributed by atoms with E-state index in [9.17, 15) is 34.4 Å².